The summed E-state index contributed by atoms with van der Waals surface area (Å²) in [5.41, 5.74) is 1.78. The molecule has 1 aromatic carbocycles. The van der Waals surface area contributed by atoms with Crippen molar-refractivity contribution in [2.75, 3.05) is 11.9 Å². The lowest BCUT2D eigenvalue weighted by molar-refractivity contribution is 0.0690. The van der Waals surface area contributed by atoms with Crippen molar-refractivity contribution in [2.24, 2.45) is 0 Å². The van der Waals surface area contributed by atoms with E-state index in [1.165, 1.54) is 24.4 Å². The Morgan fingerprint density at radius 3 is 2.47 bits per heavy atom. The molecular weight excluding hydrogens is 247 g/mol. The summed E-state index contributed by atoms with van der Waals surface area (Å²) >= 11 is 0. The van der Waals surface area contributed by atoms with Crippen LogP contribution in [0, 0.1) is 5.82 Å². The van der Waals surface area contributed by atoms with Crippen LogP contribution >= 0.6 is 0 Å². The second kappa shape index (κ2) is 5.48. The first kappa shape index (κ1) is 13.0. The fourth-order valence-corrected chi connectivity index (χ4v) is 1.69. The van der Waals surface area contributed by atoms with Crippen LogP contribution in [0.4, 0.5) is 10.1 Å². The first-order chi connectivity index (χ1) is 9.06. The maximum atomic E-state index is 12.8. The Labute approximate surface area is 110 Å². The molecule has 0 aliphatic rings. The molecule has 0 atom stereocenters. The minimum absolute atomic E-state index is 0.0129. The van der Waals surface area contributed by atoms with E-state index >= 15 is 0 Å². The third-order valence-electron chi connectivity index (χ3n) is 2.74. The van der Waals surface area contributed by atoms with Crippen molar-refractivity contribution < 1.29 is 14.3 Å². The molecule has 0 saturated carbocycles. The Morgan fingerprint density at radius 1 is 1.26 bits per heavy atom. The molecule has 0 spiro atoms. The van der Waals surface area contributed by atoms with E-state index in [-0.39, 0.29) is 11.5 Å². The first-order valence-corrected chi connectivity index (χ1v) is 5.71. The van der Waals surface area contributed by atoms with Crippen LogP contribution in [0.1, 0.15) is 16.1 Å². The van der Waals surface area contributed by atoms with Gasteiger partial charge in [0.25, 0.3) is 0 Å². The Bertz CT molecular complexity index is 567. The van der Waals surface area contributed by atoms with Crippen molar-refractivity contribution in [3.8, 4) is 0 Å². The number of rotatable bonds is 4. The fraction of sp³-hybridized carbons (Fsp3) is 0.143. The van der Waals surface area contributed by atoms with E-state index in [4.69, 9.17) is 5.11 Å². The number of hydrogen-bond acceptors (Lipinski definition) is 3. The van der Waals surface area contributed by atoms with Gasteiger partial charge in [0.05, 0.1) is 11.9 Å². The van der Waals surface area contributed by atoms with E-state index in [9.17, 15) is 9.18 Å². The van der Waals surface area contributed by atoms with Crippen LogP contribution in [0.5, 0.6) is 0 Å². The number of carbonyl (C=O) groups is 1. The summed E-state index contributed by atoms with van der Waals surface area (Å²) in [5, 5.41) is 8.76. The molecule has 0 aliphatic heterocycles. The summed E-state index contributed by atoms with van der Waals surface area (Å²) in [6, 6.07) is 9.40. The van der Waals surface area contributed by atoms with E-state index in [1.807, 2.05) is 11.9 Å². The van der Waals surface area contributed by atoms with E-state index in [2.05, 4.69) is 4.98 Å². The molecule has 0 fully saturated rings. The van der Waals surface area contributed by atoms with E-state index < -0.39 is 5.97 Å². The third kappa shape index (κ3) is 3.28. The normalized spacial score (nSPS) is 10.2. The Kier molecular flexibility index (Phi) is 3.75. The van der Waals surface area contributed by atoms with Gasteiger partial charge in [0.1, 0.15) is 11.5 Å². The highest BCUT2D eigenvalue weighted by atomic mass is 19.1. The van der Waals surface area contributed by atoms with Crippen molar-refractivity contribution in [1.82, 2.24) is 4.98 Å². The molecule has 2 aromatic rings. The van der Waals surface area contributed by atoms with Gasteiger partial charge < -0.3 is 10.0 Å². The zero-order valence-corrected chi connectivity index (χ0v) is 10.4. The number of benzene rings is 1. The number of nitrogens with zero attached hydrogens (tertiary/aromatic N) is 2. The van der Waals surface area contributed by atoms with Gasteiger partial charge in [-0.2, -0.15) is 0 Å². The summed E-state index contributed by atoms with van der Waals surface area (Å²) in [6.45, 7) is 0.592. The Morgan fingerprint density at radius 2 is 1.95 bits per heavy atom. The largest absolute Gasteiger partial charge is 0.477 e. The maximum absolute atomic E-state index is 12.8. The molecule has 0 aliphatic carbocycles. The number of anilines is 1. The van der Waals surface area contributed by atoms with Gasteiger partial charge in [-0.3, -0.25) is 0 Å². The Hall–Kier alpha value is -2.43. The minimum atomic E-state index is -1.05. The SMILES string of the molecule is CN(Cc1ccc(F)cc1)c1ccc(C(=O)O)nc1. The predicted molar refractivity (Wildman–Crippen MR) is 69.7 cm³/mol. The number of halogens is 1. The monoisotopic (exact) mass is 260 g/mol. The average molecular weight is 260 g/mol. The van der Waals surface area contributed by atoms with Crippen molar-refractivity contribution in [3.63, 3.8) is 0 Å². The lowest BCUT2D eigenvalue weighted by Crippen LogP contribution is -2.16. The molecule has 1 aromatic heterocycles. The van der Waals surface area contributed by atoms with Gasteiger partial charge in [0.15, 0.2) is 0 Å². The molecule has 19 heavy (non-hydrogen) atoms. The molecule has 1 heterocycles. The van der Waals surface area contributed by atoms with Gasteiger partial charge in [-0.05, 0) is 29.8 Å². The molecule has 2 rings (SSSR count). The number of carboxylic acids is 1. The highest BCUT2D eigenvalue weighted by molar-refractivity contribution is 5.85. The van der Waals surface area contributed by atoms with Crippen LogP contribution < -0.4 is 4.90 Å². The molecule has 1 N–H and O–H groups in total. The predicted octanol–water partition coefficient (Wildman–Crippen LogP) is 2.56. The van der Waals surface area contributed by atoms with Gasteiger partial charge in [-0.25, -0.2) is 14.2 Å². The zero-order valence-electron chi connectivity index (χ0n) is 10.4. The second-order valence-corrected chi connectivity index (χ2v) is 4.19. The van der Waals surface area contributed by atoms with Crippen molar-refractivity contribution in [2.45, 2.75) is 6.54 Å². The van der Waals surface area contributed by atoms with Crippen LogP contribution in [-0.2, 0) is 6.54 Å². The maximum Gasteiger partial charge on any atom is 0.354 e. The fourth-order valence-electron chi connectivity index (χ4n) is 1.69. The molecule has 5 heteroatoms. The second-order valence-electron chi connectivity index (χ2n) is 4.19. The smallest absolute Gasteiger partial charge is 0.354 e. The molecule has 0 amide bonds. The average Bonchev–Trinajstić information content (AvgIpc) is 2.41. The van der Waals surface area contributed by atoms with Crippen molar-refractivity contribution in [1.29, 1.82) is 0 Å². The number of pyridine rings is 1. The summed E-state index contributed by atoms with van der Waals surface area (Å²) in [4.78, 5) is 16.5. The van der Waals surface area contributed by atoms with Crippen LogP contribution in [0.15, 0.2) is 42.6 Å². The van der Waals surface area contributed by atoms with Gasteiger partial charge in [-0.1, -0.05) is 12.1 Å². The molecule has 0 bridgehead atoms. The Balaban J connectivity index is 2.09. The number of aromatic carboxylic acids is 1. The number of carboxylic acid groups (broad SMARTS) is 1. The third-order valence-corrected chi connectivity index (χ3v) is 2.74. The van der Waals surface area contributed by atoms with Crippen molar-refractivity contribution in [3.05, 3.63) is 59.7 Å². The summed E-state index contributed by atoms with van der Waals surface area (Å²) in [5.74, 6) is -1.31. The molecule has 0 radical (unpaired) electrons. The lowest BCUT2D eigenvalue weighted by atomic mass is 10.2. The van der Waals surface area contributed by atoms with E-state index in [0.29, 0.717) is 6.54 Å². The highest BCUT2D eigenvalue weighted by Gasteiger charge is 2.06. The van der Waals surface area contributed by atoms with Gasteiger partial charge in [-0.15, -0.1) is 0 Å². The minimum Gasteiger partial charge on any atom is -0.477 e. The highest BCUT2D eigenvalue weighted by Crippen LogP contribution is 2.15. The number of hydrogen-bond donors (Lipinski definition) is 1. The van der Waals surface area contributed by atoms with E-state index in [0.717, 1.165) is 11.3 Å². The van der Waals surface area contributed by atoms with Crippen molar-refractivity contribution >= 4 is 11.7 Å². The molecule has 4 nitrogen and oxygen atoms in total. The molecule has 0 unspecified atom stereocenters. The standard InChI is InChI=1S/C14H13FN2O2/c1-17(9-10-2-4-11(15)5-3-10)12-6-7-13(14(18)19)16-8-12/h2-8H,9H2,1H3,(H,18,19). The van der Waals surface area contributed by atoms with Crippen LogP contribution in [0.25, 0.3) is 0 Å². The summed E-state index contributed by atoms with van der Waals surface area (Å²) in [6.07, 6.45) is 1.51. The van der Waals surface area contributed by atoms with Gasteiger partial charge in [0.2, 0.25) is 0 Å². The lowest BCUT2D eigenvalue weighted by Gasteiger charge is -2.19. The molecule has 0 saturated heterocycles. The van der Waals surface area contributed by atoms with Crippen LogP contribution in [-0.4, -0.2) is 23.1 Å². The van der Waals surface area contributed by atoms with E-state index in [1.54, 1.807) is 18.2 Å². The first-order valence-electron chi connectivity index (χ1n) is 5.71. The van der Waals surface area contributed by atoms with Crippen LogP contribution in [0.3, 0.4) is 0 Å². The molecule has 98 valence electrons. The summed E-state index contributed by atoms with van der Waals surface area (Å²) < 4.78 is 12.8. The zero-order chi connectivity index (χ0) is 13.8. The summed E-state index contributed by atoms with van der Waals surface area (Å²) in [7, 11) is 1.86. The number of aromatic nitrogens is 1. The van der Waals surface area contributed by atoms with Crippen LogP contribution in [0.2, 0.25) is 0 Å². The van der Waals surface area contributed by atoms with Gasteiger partial charge in [0, 0.05) is 13.6 Å². The topological polar surface area (TPSA) is 53.4 Å². The van der Waals surface area contributed by atoms with Gasteiger partial charge >= 0.3 is 5.97 Å². The molecular formula is C14H13FN2O2. The quantitative estimate of drug-likeness (QED) is 0.917.